The lowest BCUT2D eigenvalue weighted by molar-refractivity contribution is 0.0699. The van der Waals surface area contributed by atoms with Crippen molar-refractivity contribution in [3.63, 3.8) is 0 Å². The molecule has 3 rings (SSSR count). The number of nitrogens with one attached hydrogen (secondary N) is 1. The molecule has 4 nitrogen and oxygen atoms in total. The van der Waals surface area contributed by atoms with Crippen LogP contribution in [-0.2, 0) is 0 Å². The van der Waals surface area contributed by atoms with Gasteiger partial charge in [0.2, 0.25) is 0 Å². The second-order valence-electron chi connectivity index (χ2n) is 5.06. The molecular weight excluding hydrogens is 366 g/mol. The lowest BCUT2D eigenvalue weighted by atomic mass is 10.1. The van der Waals surface area contributed by atoms with E-state index < -0.39 is 5.97 Å². The van der Waals surface area contributed by atoms with Gasteiger partial charge in [0.05, 0.1) is 15.4 Å². The van der Waals surface area contributed by atoms with Crippen molar-refractivity contribution in [2.45, 2.75) is 6.92 Å². The first-order valence-electron chi connectivity index (χ1n) is 6.93. The van der Waals surface area contributed by atoms with E-state index in [0.717, 1.165) is 5.56 Å². The standard InChI is InChI=1S/C17H12ClNO3S2/c1-9-5-6-23-14(9)16(20)19-12-8-24-15(13(12)17(21)22)10-3-2-4-11(18)7-10/h2-8H,1H3,(H,19,20)(H,21,22). The minimum Gasteiger partial charge on any atom is -0.478 e. The summed E-state index contributed by atoms with van der Waals surface area (Å²) in [5.41, 5.74) is 1.93. The molecule has 7 heteroatoms. The molecule has 0 aliphatic heterocycles. The average Bonchev–Trinajstić information content (AvgIpc) is 3.13. The zero-order chi connectivity index (χ0) is 17.3. The number of carbonyl (C=O) groups excluding carboxylic acids is 1. The molecule has 0 fully saturated rings. The lowest BCUT2D eigenvalue weighted by Crippen LogP contribution is -2.13. The Morgan fingerprint density at radius 1 is 1.21 bits per heavy atom. The van der Waals surface area contributed by atoms with E-state index in [9.17, 15) is 14.7 Å². The van der Waals surface area contributed by atoms with Gasteiger partial charge in [-0.1, -0.05) is 23.7 Å². The van der Waals surface area contributed by atoms with Crippen molar-refractivity contribution in [1.82, 2.24) is 0 Å². The molecule has 2 aromatic heterocycles. The fourth-order valence-electron chi connectivity index (χ4n) is 2.29. The molecule has 0 unspecified atom stereocenters. The van der Waals surface area contributed by atoms with Crippen LogP contribution in [0.25, 0.3) is 10.4 Å². The zero-order valence-electron chi connectivity index (χ0n) is 12.5. The van der Waals surface area contributed by atoms with Gasteiger partial charge in [-0.3, -0.25) is 4.79 Å². The van der Waals surface area contributed by atoms with Crippen LogP contribution >= 0.6 is 34.3 Å². The SMILES string of the molecule is Cc1ccsc1C(=O)Nc1csc(-c2cccc(Cl)c2)c1C(=O)O. The molecule has 122 valence electrons. The van der Waals surface area contributed by atoms with Crippen LogP contribution in [0.15, 0.2) is 41.1 Å². The van der Waals surface area contributed by atoms with Gasteiger partial charge >= 0.3 is 5.97 Å². The van der Waals surface area contributed by atoms with Gasteiger partial charge in [0.15, 0.2) is 0 Å². The highest BCUT2D eigenvalue weighted by Crippen LogP contribution is 2.37. The van der Waals surface area contributed by atoms with Crippen LogP contribution in [-0.4, -0.2) is 17.0 Å². The second kappa shape index (κ2) is 6.76. The van der Waals surface area contributed by atoms with Gasteiger partial charge in [-0.25, -0.2) is 4.79 Å². The third kappa shape index (κ3) is 3.21. The van der Waals surface area contributed by atoms with E-state index in [1.807, 2.05) is 18.4 Å². The van der Waals surface area contributed by atoms with Crippen molar-refractivity contribution >= 4 is 51.8 Å². The molecule has 2 heterocycles. The van der Waals surface area contributed by atoms with Crippen molar-refractivity contribution in [1.29, 1.82) is 0 Å². The molecule has 0 aliphatic carbocycles. The van der Waals surface area contributed by atoms with Gasteiger partial charge < -0.3 is 10.4 Å². The van der Waals surface area contributed by atoms with Crippen LogP contribution < -0.4 is 5.32 Å². The highest BCUT2D eigenvalue weighted by Gasteiger charge is 2.22. The smallest absolute Gasteiger partial charge is 0.339 e. The van der Waals surface area contributed by atoms with Crippen molar-refractivity contribution in [3.05, 3.63) is 62.1 Å². The van der Waals surface area contributed by atoms with E-state index in [4.69, 9.17) is 11.6 Å². The Balaban J connectivity index is 1.99. The number of aromatic carboxylic acids is 1. The third-order valence-electron chi connectivity index (χ3n) is 3.41. The molecule has 0 aliphatic rings. The number of thiophene rings is 2. The molecule has 1 amide bonds. The van der Waals surface area contributed by atoms with E-state index in [2.05, 4.69) is 5.32 Å². The Morgan fingerprint density at radius 3 is 2.62 bits per heavy atom. The summed E-state index contributed by atoms with van der Waals surface area (Å²) < 4.78 is 0. The van der Waals surface area contributed by atoms with Gasteiger partial charge in [0.25, 0.3) is 5.91 Å². The number of halogens is 1. The summed E-state index contributed by atoms with van der Waals surface area (Å²) in [6.07, 6.45) is 0. The average molecular weight is 378 g/mol. The number of hydrogen-bond acceptors (Lipinski definition) is 4. The zero-order valence-corrected chi connectivity index (χ0v) is 14.9. The highest BCUT2D eigenvalue weighted by atomic mass is 35.5. The summed E-state index contributed by atoms with van der Waals surface area (Å²) in [7, 11) is 0. The molecule has 3 aromatic rings. The molecule has 2 N–H and O–H groups in total. The highest BCUT2D eigenvalue weighted by molar-refractivity contribution is 7.14. The largest absolute Gasteiger partial charge is 0.478 e. The van der Waals surface area contributed by atoms with Crippen LogP contribution in [0.1, 0.15) is 25.6 Å². The van der Waals surface area contributed by atoms with Crippen LogP contribution in [0.2, 0.25) is 5.02 Å². The quantitative estimate of drug-likeness (QED) is 0.640. The van der Waals surface area contributed by atoms with Crippen molar-refractivity contribution < 1.29 is 14.7 Å². The van der Waals surface area contributed by atoms with Crippen molar-refractivity contribution in [3.8, 4) is 10.4 Å². The maximum absolute atomic E-state index is 12.4. The molecule has 0 saturated heterocycles. The van der Waals surface area contributed by atoms with Crippen LogP contribution in [0.3, 0.4) is 0 Å². The van der Waals surface area contributed by atoms with E-state index in [0.29, 0.717) is 26.0 Å². The first-order chi connectivity index (χ1) is 11.5. The minimum atomic E-state index is -1.09. The molecule has 0 bridgehead atoms. The Kier molecular flexibility index (Phi) is 4.71. The summed E-state index contributed by atoms with van der Waals surface area (Å²) >= 11 is 8.57. The number of carboxylic acid groups (broad SMARTS) is 1. The second-order valence-corrected chi connectivity index (χ2v) is 7.29. The van der Waals surface area contributed by atoms with Gasteiger partial charge in [0.1, 0.15) is 5.56 Å². The van der Waals surface area contributed by atoms with Crippen LogP contribution in [0.4, 0.5) is 5.69 Å². The molecule has 24 heavy (non-hydrogen) atoms. The van der Waals surface area contributed by atoms with E-state index >= 15 is 0 Å². The third-order valence-corrected chi connectivity index (χ3v) is 5.69. The monoisotopic (exact) mass is 377 g/mol. The number of benzene rings is 1. The molecule has 0 spiro atoms. The molecule has 0 saturated carbocycles. The Hall–Kier alpha value is -2.15. The number of carbonyl (C=O) groups is 2. The summed E-state index contributed by atoms with van der Waals surface area (Å²) in [4.78, 5) is 25.2. The Morgan fingerprint density at radius 2 is 2.00 bits per heavy atom. The maximum Gasteiger partial charge on any atom is 0.339 e. The van der Waals surface area contributed by atoms with Gasteiger partial charge in [-0.2, -0.15) is 0 Å². The molecule has 0 radical (unpaired) electrons. The Labute approximate surface area is 151 Å². The normalized spacial score (nSPS) is 10.6. The maximum atomic E-state index is 12.4. The van der Waals surface area contributed by atoms with Gasteiger partial charge in [0, 0.05) is 10.4 Å². The molecule has 1 aromatic carbocycles. The number of anilines is 1. The lowest BCUT2D eigenvalue weighted by Gasteiger charge is -2.06. The fourth-order valence-corrected chi connectivity index (χ4v) is 4.29. The van der Waals surface area contributed by atoms with Gasteiger partial charge in [-0.15, -0.1) is 22.7 Å². The number of carboxylic acids is 1. The summed E-state index contributed by atoms with van der Waals surface area (Å²) in [6.45, 7) is 1.84. The first kappa shape index (κ1) is 16.7. The molecule has 0 atom stereocenters. The Bertz CT molecular complexity index is 930. The number of hydrogen-bond donors (Lipinski definition) is 2. The van der Waals surface area contributed by atoms with Crippen molar-refractivity contribution in [2.75, 3.05) is 5.32 Å². The fraction of sp³-hybridized carbons (Fsp3) is 0.0588. The van der Waals surface area contributed by atoms with E-state index in [-0.39, 0.29) is 11.5 Å². The van der Waals surface area contributed by atoms with Crippen LogP contribution in [0, 0.1) is 6.92 Å². The van der Waals surface area contributed by atoms with E-state index in [1.165, 1.54) is 22.7 Å². The number of aryl methyl sites for hydroxylation is 1. The number of rotatable bonds is 4. The summed E-state index contributed by atoms with van der Waals surface area (Å²) in [5.74, 6) is -1.40. The van der Waals surface area contributed by atoms with E-state index in [1.54, 1.807) is 29.6 Å². The summed E-state index contributed by atoms with van der Waals surface area (Å²) in [6, 6.07) is 8.83. The van der Waals surface area contributed by atoms with Gasteiger partial charge in [-0.05, 0) is 41.6 Å². The number of amides is 1. The predicted octanol–water partition coefficient (Wildman–Crippen LogP) is 5.39. The van der Waals surface area contributed by atoms with Crippen molar-refractivity contribution in [2.24, 2.45) is 0 Å². The first-order valence-corrected chi connectivity index (χ1v) is 9.07. The molecular formula is C17H12ClNO3S2. The minimum absolute atomic E-state index is 0.0739. The predicted molar refractivity (Wildman–Crippen MR) is 98.7 cm³/mol. The van der Waals surface area contributed by atoms with Crippen LogP contribution in [0.5, 0.6) is 0 Å². The topological polar surface area (TPSA) is 66.4 Å². The summed E-state index contributed by atoms with van der Waals surface area (Å²) in [5, 5.41) is 16.3.